The molecule has 0 saturated heterocycles. The van der Waals surface area contributed by atoms with Crippen molar-refractivity contribution in [3.63, 3.8) is 0 Å². The lowest BCUT2D eigenvalue weighted by Gasteiger charge is -1.94. The van der Waals surface area contributed by atoms with Crippen LogP contribution in [-0.2, 0) is 0 Å². The minimum atomic E-state index is -1.47. The van der Waals surface area contributed by atoms with E-state index in [-0.39, 0.29) is 6.42 Å². The first-order chi connectivity index (χ1) is 3.31. The summed E-state index contributed by atoms with van der Waals surface area (Å²) >= 11 is 0. The molecule has 0 spiro atoms. The van der Waals surface area contributed by atoms with Crippen molar-refractivity contribution >= 4 is 0 Å². The average molecular weight is 106 g/mol. The van der Waals surface area contributed by atoms with Gasteiger partial charge >= 0.3 is 0 Å². The molecule has 0 aromatic carbocycles. The van der Waals surface area contributed by atoms with E-state index in [1.165, 1.54) is 0 Å². The second kappa shape index (κ2) is 4.03. The van der Waals surface area contributed by atoms with Crippen molar-refractivity contribution in [2.45, 2.75) is 25.9 Å². The van der Waals surface area contributed by atoms with E-state index in [0.717, 1.165) is 6.67 Å². The molecule has 0 aliphatic carbocycles. The Balaban J connectivity index is 2.83. The Labute approximate surface area is 42.5 Å². The zero-order valence-corrected chi connectivity index (χ0v) is 4.25. The van der Waals surface area contributed by atoms with Crippen LogP contribution in [0.3, 0.4) is 0 Å². The molecule has 0 bridgehead atoms. The van der Waals surface area contributed by atoms with Gasteiger partial charge in [-0.05, 0) is 6.42 Å². The second-order valence-corrected chi connectivity index (χ2v) is 1.37. The molecule has 0 aliphatic heterocycles. The van der Waals surface area contributed by atoms with E-state index in [1.54, 1.807) is 6.92 Å². The molecular weight excluding hydrogens is 98.1 g/mol. The predicted octanol–water partition coefficient (Wildman–Crippen LogP) is 2.13. The number of hydrogen-bond donors (Lipinski definition) is 0. The van der Waals surface area contributed by atoms with Gasteiger partial charge in [0.15, 0.2) is 0 Å². The summed E-state index contributed by atoms with van der Waals surface area (Å²) in [4.78, 5) is 0. The van der Waals surface area contributed by atoms with E-state index in [2.05, 4.69) is 0 Å². The molecule has 0 N–H and O–H groups in total. The van der Waals surface area contributed by atoms with Gasteiger partial charge in [-0.25, -0.2) is 8.78 Å². The van der Waals surface area contributed by atoms with Crippen molar-refractivity contribution < 1.29 is 8.78 Å². The van der Waals surface area contributed by atoms with Gasteiger partial charge in [0.2, 0.25) is 6.67 Å². The lowest BCUT2D eigenvalue weighted by Crippen LogP contribution is -1.94. The Morgan fingerprint density at radius 2 is 2.29 bits per heavy atom. The maximum Gasteiger partial charge on any atom is 0.221 e. The minimum absolute atomic E-state index is 0.247. The molecule has 0 nitrogen and oxygen atoms in total. The minimum Gasteiger partial charge on any atom is -0.244 e. The Bertz CT molecular complexity index is 37.1. The largest absolute Gasteiger partial charge is 0.244 e. The molecular formula is C5H8F2. The molecule has 0 aliphatic rings. The summed E-state index contributed by atoms with van der Waals surface area (Å²) < 4.78 is 22.6. The van der Waals surface area contributed by atoms with Gasteiger partial charge < -0.3 is 0 Å². The second-order valence-electron chi connectivity index (χ2n) is 1.37. The molecule has 0 heterocycles. The van der Waals surface area contributed by atoms with Crippen LogP contribution in [0, 0.1) is 6.67 Å². The van der Waals surface area contributed by atoms with Crippen LogP contribution in [0.1, 0.15) is 19.8 Å². The Kier molecular flexibility index (Phi) is 3.95. The smallest absolute Gasteiger partial charge is 0.221 e. The van der Waals surface area contributed by atoms with Crippen molar-refractivity contribution in [3.8, 4) is 0 Å². The molecule has 0 rings (SSSR count). The van der Waals surface area contributed by atoms with Crippen molar-refractivity contribution in [2.24, 2.45) is 0 Å². The average Bonchev–Trinajstić information content (AvgIpc) is 1.68. The molecule has 0 aromatic rings. The van der Waals surface area contributed by atoms with Crippen LogP contribution < -0.4 is 0 Å². The van der Waals surface area contributed by atoms with E-state index in [0.29, 0.717) is 6.42 Å². The lowest BCUT2D eigenvalue weighted by atomic mass is 10.2. The molecule has 1 atom stereocenters. The summed E-state index contributed by atoms with van der Waals surface area (Å²) in [6.07, 6.45) is -0.556. The summed E-state index contributed by atoms with van der Waals surface area (Å²) in [6, 6.07) is 0. The molecule has 1 unspecified atom stereocenters. The highest BCUT2D eigenvalue weighted by atomic mass is 19.2. The predicted molar refractivity (Wildman–Crippen MR) is 24.2 cm³/mol. The fourth-order valence-electron chi connectivity index (χ4n) is 0.308. The van der Waals surface area contributed by atoms with Crippen LogP contribution in [-0.4, -0.2) is 6.17 Å². The van der Waals surface area contributed by atoms with Gasteiger partial charge in [-0.2, -0.15) is 0 Å². The SMILES string of the molecule is CCCC(F)[C]F. The van der Waals surface area contributed by atoms with Gasteiger partial charge in [-0.1, -0.05) is 13.3 Å². The standard InChI is InChI=1S/C5H8F2/c1-2-3-5(7)4-6/h5H,2-3H2,1H3. The highest BCUT2D eigenvalue weighted by molar-refractivity contribution is 4.61. The van der Waals surface area contributed by atoms with Gasteiger partial charge in [-0.15, -0.1) is 0 Å². The first kappa shape index (κ1) is 6.86. The van der Waals surface area contributed by atoms with Gasteiger partial charge in [-0.3, -0.25) is 0 Å². The highest BCUT2D eigenvalue weighted by Crippen LogP contribution is 2.04. The summed E-state index contributed by atoms with van der Waals surface area (Å²) in [5.41, 5.74) is 0. The molecule has 2 radical (unpaired) electrons. The zero-order valence-electron chi connectivity index (χ0n) is 4.25. The van der Waals surface area contributed by atoms with Crippen molar-refractivity contribution in [1.82, 2.24) is 0 Å². The maximum atomic E-state index is 11.6. The van der Waals surface area contributed by atoms with Crippen LogP contribution in [0.15, 0.2) is 0 Å². The summed E-state index contributed by atoms with van der Waals surface area (Å²) in [5, 5.41) is 0. The first-order valence-electron chi connectivity index (χ1n) is 2.31. The molecule has 2 heteroatoms. The van der Waals surface area contributed by atoms with Gasteiger partial charge in [0, 0.05) is 0 Å². The fourth-order valence-corrected chi connectivity index (χ4v) is 0.308. The molecule has 0 saturated carbocycles. The van der Waals surface area contributed by atoms with Gasteiger partial charge in [0.05, 0.1) is 0 Å². The van der Waals surface area contributed by atoms with E-state index in [4.69, 9.17) is 0 Å². The van der Waals surface area contributed by atoms with Crippen LogP contribution in [0.5, 0.6) is 0 Å². The molecule has 0 fully saturated rings. The topological polar surface area (TPSA) is 0 Å². The normalized spacial score (nSPS) is 14.1. The number of hydrogen-bond acceptors (Lipinski definition) is 0. The Morgan fingerprint density at radius 3 is 2.43 bits per heavy atom. The fraction of sp³-hybridized carbons (Fsp3) is 0.800. The number of alkyl halides is 1. The third-order valence-electron chi connectivity index (χ3n) is 0.661. The summed E-state index contributed by atoms with van der Waals surface area (Å²) in [7, 11) is 0. The number of rotatable bonds is 3. The molecule has 0 aromatic heterocycles. The quantitative estimate of drug-likeness (QED) is 0.517. The van der Waals surface area contributed by atoms with E-state index < -0.39 is 6.17 Å². The Morgan fingerprint density at radius 1 is 1.71 bits per heavy atom. The van der Waals surface area contributed by atoms with Crippen LogP contribution in [0.25, 0.3) is 0 Å². The van der Waals surface area contributed by atoms with Crippen LogP contribution in [0.2, 0.25) is 0 Å². The monoisotopic (exact) mass is 106 g/mol. The van der Waals surface area contributed by atoms with Crippen LogP contribution >= 0.6 is 0 Å². The summed E-state index contributed by atoms with van der Waals surface area (Å²) in [5.74, 6) is 0. The van der Waals surface area contributed by atoms with Crippen molar-refractivity contribution in [2.75, 3.05) is 0 Å². The van der Waals surface area contributed by atoms with Gasteiger partial charge in [0.25, 0.3) is 0 Å². The molecule has 0 amide bonds. The molecule has 7 heavy (non-hydrogen) atoms. The highest BCUT2D eigenvalue weighted by Gasteiger charge is 2.03. The third kappa shape index (κ3) is 3.70. The number of halogens is 2. The van der Waals surface area contributed by atoms with Crippen molar-refractivity contribution in [1.29, 1.82) is 0 Å². The lowest BCUT2D eigenvalue weighted by molar-refractivity contribution is 0.299. The molecule has 42 valence electrons. The van der Waals surface area contributed by atoms with E-state index in [9.17, 15) is 8.78 Å². The van der Waals surface area contributed by atoms with E-state index >= 15 is 0 Å². The zero-order chi connectivity index (χ0) is 5.70. The Hall–Kier alpha value is -0.140. The summed E-state index contributed by atoms with van der Waals surface area (Å²) in [6.45, 7) is 2.79. The van der Waals surface area contributed by atoms with Crippen molar-refractivity contribution in [3.05, 3.63) is 6.67 Å². The third-order valence-corrected chi connectivity index (χ3v) is 0.661. The maximum absolute atomic E-state index is 11.6. The van der Waals surface area contributed by atoms with Gasteiger partial charge in [0.1, 0.15) is 6.17 Å². The first-order valence-corrected chi connectivity index (χ1v) is 2.31. The van der Waals surface area contributed by atoms with Crippen LogP contribution in [0.4, 0.5) is 8.78 Å². The van der Waals surface area contributed by atoms with E-state index in [1.807, 2.05) is 0 Å².